The number of benzene rings is 1. The van der Waals surface area contributed by atoms with Gasteiger partial charge in [-0.2, -0.15) is 0 Å². The van der Waals surface area contributed by atoms with E-state index in [9.17, 15) is 8.42 Å². The molecule has 0 aromatic heterocycles. The second-order valence-electron chi connectivity index (χ2n) is 4.56. The zero-order valence-electron chi connectivity index (χ0n) is 10.2. The maximum Gasteiger partial charge on any atom is 0.238 e. The van der Waals surface area contributed by atoms with E-state index in [1.165, 1.54) is 12.1 Å². The van der Waals surface area contributed by atoms with Gasteiger partial charge >= 0.3 is 0 Å². The highest BCUT2D eigenvalue weighted by Crippen LogP contribution is 2.31. The van der Waals surface area contributed by atoms with E-state index >= 15 is 0 Å². The minimum atomic E-state index is -3.62. The molecule has 96 valence electrons. The highest BCUT2D eigenvalue weighted by Gasteiger charge is 2.21. The van der Waals surface area contributed by atoms with E-state index in [1.807, 2.05) is 6.92 Å². The van der Waals surface area contributed by atoms with E-state index in [2.05, 4.69) is 13.8 Å². The first-order valence-corrected chi connectivity index (χ1v) is 7.48. The highest BCUT2D eigenvalue weighted by atomic mass is 35.5. The van der Waals surface area contributed by atoms with Gasteiger partial charge in [0.2, 0.25) is 10.0 Å². The van der Waals surface area contributed by atoms with Gasteiger partial charge in [0.1, 0.15) is 0 Å². The zero-order valence-corrected chi connectivity index (χ0v) is 11.8. The molecule has 1 aromatic carbocycles. The molecule has 2 N–H and O–H groups in total. The van der Waals surface area contributed by atoms with Gasteiger partial charge < -0.3 is 0 Å². The highest BCUT2D eigenvalue weighted by molar-refractivity contribution is 7.89. The molecule has 0 aliphatic heterocycles. The molecule has 3 nitrogen and oxygen atoms in total. The maximum absolute atomic E-state index is 11.1. The van der Waals surface area contributed by atoms with Crippen molar-refractivity contribution in [1.29, 1.82) is 0 Å². The summed E-state index contributed by atoms with van der Waals surface area (Å²) >= 11 is 6.16. The molecule has 1 aromatic rings. The Hall–Kier alpha value is -0.580. The molecule has 0 aliphatic rings. The van der Waals surface area contributed by atoms with Crippen LogP contribution in [0.5, 0.6) is 0 Å². The Labute approximate surface area is 108 Å². The number of alkyl halides is 1. The largest absolute Gasteiger partial charge is 0.238 e. The maximum atomic E-state index is 11.1. The van der Waals surface area contributed by atoms with E-state index in [0.29, 0.717) is 5.92 Å². The molecule has 0 saturated heterocycles. The minimum Gasteiger partial charge on any atom is -0.225 e. The van der Waals surface area contributed by atoms with Gasteiger partial charge in [-0.3, -0.25) is 0 Å². The van der Waals surface area contributed by atoms with Crippen LogP contribution in [0.25, 0.3) is 0 Å². The van der Waals surface area contributed by atoms with Crippen molar-refractivity contribution in [3.05, 3.63) is 29.8 Å². The third-order valence-electron chi connectivity index (χ3n) is 2.81. The first-order chi connectivity index (χ1) is 7.73. The van der Waals surface area contributed by atoms with E-state index in [0.717, 1.165) is 5.56 Å². The van der Waals surface area contributed by atoms with Crippen LogP contribution in [0.3, 0.4) is 0 Å². The quantitative estimate of drug-likeness (QED) is 0.859. The van der Waals surface area contributed by atoms with E-state index in [4.69, 9.17) is 16.7 Å². The van der Waals surface area contributed by atoms with Crippen molar-refractivity contribution in [1.82, 2.24) is 0 Å². The summed E-state index contributed by atoms with van der Waals surface area (Å²) in [5.74, 6) is 0.592. The third kappa shape index (κ3) is 3.69. The van der Waals surface area contributed by atoms with Crippen LogP contribution in [0.1, 0.15) is 32.3 Å². The van der Waals surface area contributed by atoms with Crippen molar-refractivity contribution in [2.75, 3.05) is 0 Å². The molecule has 5 heteroatoms. The Morgan fingerprint density at radius 1 is 1.12 bits per heavy atom. The number of halogens is 1. The van der Waals surface area contributed by atoms with Crippen LogP contribution in [0.4, 0.5) is 0 Å². The van der Waals surface area contributed by atoms with Gasteiger partial charge in [-0.1, -0.05) is 26.0 Å². The van der Waals surface area contributed by atoms with Crippen molar-refractivity contribution in [2.24, 2.45) is 11.1 Å². The Bertz CT molecular complexity index is 458. The summed E-state index contributed by atoms with van der Waals surface area (Å²) < 4.78 is 22.3. The van der Waals surface area contributed by atoms with Crippen molar-refractivity contribution in [3.8, 4) is 0 Å². The van der Waals surface area contributed by atoms with Crippen molar-refractivity contribution in [3.63, 3.8) is 0 Å². The molecule has 1 rings (SSSR count). The first-order valence-electron chi connectivity index (χ1n) is 5.50. The number of hydrogen-bond acceptors (Lipinski definition) is 2. The van der Waals surface area contributed by atoms with Gasteiger partial charge in [0, 0.05) is 11.3 Å². The van der Waals surface area contributed by atoms with E-state index in [1.54, 1.807) is 12.1 Å². The van der Waals surface area contributed by atoms with E-state index < -0.39 is 10.0 Å². The topological polar surface area (TPSA) is 60.2 Å². The first kappa shape index (κ1) is 14.5. The monoisotopic (exact) mass is 275 g/mol. The number of nitrogens with two attached hydrogens (primary N) is 1. The van der Waals surface area contributed by atoms with Crippen molar-refractivity contribution >= 4 is 21.6 Å². The average Bonchev–Trinajstić information content (AvgIpc) is 2.15. The zero-order chi connectivity index (χ0) is 13.2. The fraction of sp³-hybridized carbons (Fsp3) is 0.500. The SMILES string of the molecule is CC(C)C(c1ccc(S(N)(=O)=O)cc1)C(C)Cl. The minimum absolute atomic E-state index is 0.00432. The standard InChI is InChI=1S/C12H18ClNO2S/c1-8(2)12(9(3)13)10-4-6-11(7-5-10)17(14,15)16/h4-9,12H,1-3H3,(H2,14,15,16). The van der Waals surface area contributed by atoms with E-state index in [-0.39, 0.29) is 16.2 Å². The summed E-state index contributed by atoms with van der Waals surface area (Å²) in [6, 6.07) is 6.62. The number of hydrogen-bond donors (Lipinski definition) is 1. The summed E-state index contributed by atoms with van der Waals surface area (Å²) in [6.07, 6.45) is 0. The lowest BCUT2D eigenvalue weighted by molar-refractivity contribution is 0.490. The molecule has 0 amide bonds. The van der Waals surface area contributed by atoms with Gasteiger partial charge in [0.25, 0.3) is 0 Å². The van der Waals surface area contributed by atoms with Crippen LogP contribution in [0, 0.1) is 5.92 Å². The fourth-order valence-electron chi connectivity index (χ4n) is 2.06. The molecule has 2 atom stereocenters. The second-order valence-corrected chi connectivity index (χ2v) is 6.81. The molecule has 0 bridgehead atoms. The lowest BCUT2D eigenvalue weighted by Crippen LogP contribution is -2.16. The molecule has 17 heavy (non-hydrogen) atoms. The van der Waals surface area contributed by atoms with Gasteiger partial charge in [-0.25, -0.2) is 13.6 Å². The Morgan fingerprint density at radius 3 is 1.88 bits per heavy atom. The summed E-state index contributed by atoms with van der Waals surface area (Å²) in [7, 11) is -3.62. The summed E-state index contributed by atoms with van der Waals surface area (Å²) in [5.41, 5.74) is 1.04. The summed E-state index contributed by atoms with van der Waals surface area (Å²) in [6.45, 7) is 6.13. The Morgan fingerprint density at radius 2 is 1.59 bits per heavy atom. The average molecular weight is 276 g/mol. The molecule has 0 heterocycles. The molecular weight excluding hydrogens is 258 g/mol. The van der Waals surface area contributed by atoms with Crippen LogP contribution in [0.15, 0.2) is 29.2 Å². The summed E-state index contributed by atoms with van der Waals surface area (Å²) in [5, 5.41) is 5.04. The lowest BCUT2D eigenvalue weighted by atomic mass is 9.86. The van der Waals surface area contributed by atoms with Crippen LogP contribution >= 0.6 is 11.6 Å². The van der Waals surface area contributed by atoms with Gasteiger partial charge in [-0.15, -0.1) is 11.6 Å². The fourth-order valence-corrected chi connectivity index (χ4v) is 3.01. The molecule has 0 spiro atoms. The van der Waals surface area contributed by atoms with Crippen molar-refractivity contribution < 1.29 is 8.42 Å². The third-order valence-corrected chi connectivity index (χ3v) is 4.01. The molecule has 0 saturated carbocycles. The Balaban J connectivity index is 3.09. The number of rotatable bonds is 4. The smallest absolute Gasteiger partial charge is 0.225 e. The number of sulfonamides is 1. The summed E-state index contributed by atoms with van der Waals surface area (Å²) in [4.78, 5) is 0.131. The second kappa shape index (κ2) is 5.38. The van der Waals surface area contributed by atoms with Gasteiger partial charge in [-0.05, 0) is 30.5 Å². The lowest BCUT2D eigenvalue weighted by Gasteiger charge is -2.23. The van der Waals surface area contributed by atoms with Crippen LogP contribution in [0.2, 0.25) is 0 Å². The van der Waals surface area contributed by atoms with Crippen molar-refractivity contribution in [2.45, 2.75) is 37.0 Å². The predicted molar refractivity (Wildman–Crippen MR) is 70.7 cm³/mol. The molecule has 0 fully saturated rings. The van der Waals surface area contributed by atoms with Crippen LogP contribution in [-0.4, -0.2) is 13.8 Å². The van der Waals surface area contributed by atoms with Gasteiger partial charge in [0.05, 0.1) is 4.90 Å². The molecular formula is C12H18ClNO2S. The molecule has 0 aliphatic carbocycles. The van der Waals surface area contributed by atoms with Crippen LogP contribution < -0.4 is 5.14 Å². The normalized spacial score (nSPS) is 15.9. The van der Waals surface area contributed by atoms with Crippen LogP contribution in [-0.2, 0) is 10.0 Å². The number of primary sulfonamides is 1. The van der Waals surface area contributed by atoms with Gasteiger partial charge in [0.15, 0.2) is 0 Å². The predicted octanol–water partition coefficient (Wildman–Crippen LogP) is 2.70. The molecule has 2 unspecified atom stereocenters. The molecule has 0 radical (unpaired) electrons. The Kier molecular flexibility index (Phi) is 4.58.